The fourth-order valence-corrected chi connectivity index (χ4v) is 2.24. The van der Waals surface area contributed by atoms with Crippen LogP contribution >= 0.6 is 0 Å². The van der Waals surface area contributed by atoms with Crippen molar-refractivity contribution in [2.45, 2.75) is 6.92 Å². The van der Waals surface area contributed by atoms with Gasteiger partial charge in [-0.3, -0.25) is 0 Å². The molecule has 0 aliphatic rings. The van der Waals surface area contributed by atoms with E-state index in [4.69, 9.17) is 28.4 Å². The van der Waals surface area contributed by atoms with Crippen molar-refractivity contribution < 1.29 is 47.6 Å². The highest BCUT2D eigenvalue weighted by Crippen LogP contribution is 2.22. The molecule has 0 fully saturated rings. The first-order chi connectivity index (χ1) is 15.7. The van der Waals surface area contributed by atoms with Crippen LogP contribution in [0.5, 0.6) is 0 Å². The molecule has 0 amide bonds. The predicted molar refractivity (Wildman–Crippen MR) is 118 cm³/mol. The second-order valence-corrected chi connectivity index (χ2v) is 6.81. The highest BCUT2D eigenvalue weighted by molar-refractivity contribution is 5.82. The summed E-state index contributed by atoms with van der Waals surface area (Å²) in [6.07, 6.45) is 4.01. The highest BCUT2D eigenvalue weighted by Gasteiger charge is 2.35. The second kappa shape index (κ2) is 17.3. The van der Waals surface area contributed by atoms with Gasteiger partial charge in [0.25, 0.3) is 0 Å². The average Bonchev–Trinajstić information content (AvgIpc) is 2.84. The topological polar surface area (TPSA) is 124 Å². The molecule has 0 spiro atoms. The number of hydrogen-bond acceptors (Lipinski definition) is 10. The number of hydrogen-bond donors (Lipinski definition) is 0. The molecule has 10 heteroatoms. The van der Waals surface area contributed by atoms with Crippen LogP contribution < -0.4 is 0 Å². The van der Waals surface area contributed by atoms with Gasteiger partial charge in [0.1, 0.15) is 13.2 Å². The molecular formula is C23H32O10. The van der Waals surface area contributed by atoms with Crippen molar-refractivity contribution in [2.24, 2.45) is 11.3 Å². The molecule has 184 valence electrons. The van der Waals surface area contributed by atoms with Gasteiger partial charge in [0.2, 0.25) is 0 Å². The van der Waals surface area contributed by atoms with Gasteiger partial charge in [-0.2, -0.15) is 0 Å². The Morgan fingerprint density at radius 2 is 1.03 bits per heavy atom. The van der Waals surface area contributed by atoms with E-state index in [1.807, 2.05) is 0 Å². The molecule has 0 heterocycles. The molecule has 10 nitrogen and oxygen atoms in total. The van der Waals surface area contributed by atoms with Crippen LogP contribution in [0.15, 0.2) is 50.6 Å². The van der Waals surface area contributed by atoms with Gasteiger partial charge in [0.05, 0.1) is 44.4 Å². The van der Waals surface area contributed by atoms with E-state index in [1.54, 1.807) is 6.92 Å². The van der Waals surface area contributed by atoms with Gasteiger partial charge in [-0.15, -0.1) is 0 Å². The number of carbonyl (C=O) groups excluding carboxylic acids is 4. The number of carbonyl (C=O) groups is 4. The van der Waals surface area contributed by atoms with Crippen molar-refractivity contribution in [3.05, 3.63) is 50.6 Å². The van der Waals surface area contributed by atoms with Crippen LogP contribution in [-0.2, 0) is 47.6 Å². The van der Waals surface area contributed by atoms with E-state index < -0.39 is 35.2 Å². The van der Waals surface area contributed by atoms with Crippen molar-refractivity contribution >= 4 is 23.9 Å². The molecule has 0 saturated heterocycles. The third-order valence-corrected chi connectivity index (χ3v) is 4.00. The zero-order valence-electron chi connectivity index (χ0n) is 19.0. The Bertz CT molecular complexity index is 649. The first kappa shape index (κ1) is 29.8. The molecule has 0 aromatic carbocycles. The summed E-state index contributed by atoms with van der Waals surface area (Å²) in [5, 5.41) is 0. The minimum atomic E-state index is -1.05. The van der Waals surface area contributed by atoms with E-state index >= 15 is 0 Å². The van der Waals surface area contributed by atoms with E-state index in [0.29, 0.717) is 6.61 Å². The average molecular weight is 468 g/mol. The third kappa shape index (κ3) is 13.7. The Balaban J connectivity index is 5.34. The minimum absolute atomic E-state index is 0.00642. The lowest BCUT2D eigenvalue weighted by molar-refractivity contribution is -0.158. The maximum atomic E-state index is 11.6. The maximum Gasteiger partial charge on any atom is 0.330 e. The van der Waals surface area contributed by atoms with Gasteiger partial charge in [0.15, 0.2) is 0 Å². The summed E-state index contributed by atoms with van der Waals surface area (Å²) in [5.41, 5.74) is -1.05. The summed E-state index contributed by atoms with van der Waals surface area (Å²) < 4.78 is 31.6. The SMILES string of the molecule is C=CC(=O)OCC(COCC(COCC)(COC(=O)C=C)COC(=O)C=C)COC(=O)C=C. The molecule has 0 aliphatic heterocycles. The normalized spacial score (nSPS) is 10.6. The fraction of sp³-hybridized carbons (Fsp3) is 0.478. The Hall–Kier alpha value is -3.24. The van der Waals surface area contributed by atoms with Crippen LogP contribution in [0, 0.1) is 11.3 Å². The van der Waals surface area contributed by atoms with E-state index in [1.165, 1.54) is 0 Å². The summed E-state index contributed by atoms with van der Waals surface area (Å²) in [6.45, 7) is 14.8. The predicted octanol–water partition coefficient (Wildman–Crippen LogP) is 1.56. The Labute approximate surface area is 193 Å². The lowest BCUT2D eigenvalue weighted by atomic mass is 9.92. The third-order valence-electron chi connectivity index (χ3n) is 4.00. The van der Waals surface area contributed by atoms with Crippen molar-refractivity contribution in [3.8, 4) is 0 Å². The summed E-state index contributed by atoms with van der Waals surface area (Å²) in [4.78, 5) is 46.0. The van der Waals surface area contributed by atoms with Crippen molar-refractivity contribution in [3.63, 3.8) is 0 Å². The smallest absolute Gasteiger partial charge is 0.330 e. The second-order valence-electron chi connectivity index (χ2n) is 6.81. The Kier molecular flexibility index (Phi) is 15.6. The van der Waals surface area contributed by atoms with Crippen LogP contribution in [0.1, 0.15) is 6.92 Å². The monoisotopic (exact) mass is 468 g/mol. The van der Waals surface area contributed by atoms with Crippen LogP contribution in [0.25, 0.3) is 0 Å². The first-order valence-corrected chi connectivity index (χ1v) is 10.1. The van der Waals surface area contributed by atoms with Crippen molar-refractivity contribution in [1.29, 1.82) is 0 Å². The van der Waals surface area contributed by atoms with Crippen molar-refractivity contribution in [2.75, 3.05) is 52.9 Å². The summed E-state index contributed by atoms with van der Waals surface area (Å²) in [6, 6.07) is 0. The first-order valence-electron chi connectivity index (χ1n) is 10.1. The zero-order valence-corrected chi connectivity index (χ0v) is 19.0. The largest absolute Gasteiger partial charge is 0.462 e. The Morgan fingerprint density at radius 3 is 1.42 bits per heavy atom. The van der Waals surface area contributed by atoms with Gasteiger partial charge in [-0.05, 0) is 6.92 Å². The molecule has 0 aromatic rings. The van der Waals surface area contributed by atoms with Gasteiger partial charge < -0.3 is 28.4 Å². The van der Waals surface area contributed by atoms with Crippen LogP contribution in [0.4, 0.5) is 0 Å². The summed E-state index contributed by atoms with van der Waals surface area (Å²) >= 11 is 0. The van der Waals surface area contributed by atoms with Gasteiger partial charge >= 0.3 is 23.9 Å². The summed E-state index contributed by atoms with van der Waals surface area (Å²) in [7, 11) is 0. The van der Waals surface area contributed by atoms with E-state index in [9.17, 15) is 19.2 Å². The molecule has 0 N–H and O–H groups in total. The van der Waals surface area contributed by atoms with Gasteiger partial charge in [-0.25, -0.2) is 19.2 Å². The van der Waals surface area contributed by atoms with Crippen LogP contribution in [0.3, 0.4) is 0 Å². The molecule has 0 rings (SSSR count). The van der Waals surface area contributed by atoms with Gasteiger partial charge in [-0.1, -0.05) is 26.3 Å². The van der Waals surface area contributed by atoms with E-state index in [2.05, 4.69) is 26.3 Å². The van der Waals surface area contributed by atoms with E-state index in [-0.39, 0.29) is 46.2 Å². The molecule has 0 unspecified atom stereocenters. The molecule has 0 aliphatic carbocycles. The molecule has 0 radical (unpaired) electrons. The molecule has 0 saturated carbocycles. The fourth-order valence-electron chi connectivity index (χ4n) is 2.24. The highest BCUT2D eigenvalue weighted by atomic mass is 16.6. The zero-order chi connectivity index (χ0) is 25.1. The quantitative estimate of drug-likeness (QED) is 0.157. The number of rotatable bonds is 19. The summed E-state index contributed by atoms with van der Waals surface area (Å²) in [5.74, 6) is -3.15. The lowest BCUT2D eigenvalue weighted by Crippen LogP contribution is -2.43. The van der Waals surface area contributed by atoms with Crippen LogP contribution in [-0.4, -0.2) is 76.7 Å². The Morgan fingerprint density at radius 1 is 0.636 bits per heavy atom. The number of esters is 4. The maximum absolute atomic E-state index is 11.6. The lowest BCUT2D eigenvalue weighted by Gasteiger charge is -2.32. The molecule has 0 bridgehead atoms. The minimum Gasteiger partial charge on any atom is -0.462 e. The van der Waals surface area contributed by atoms with Crippen LogP contribution in [0.2, 0.25) is 0 Å². The van der Waals surface area contributed by atoms with Crippen molar-refractivity contribution in [1.82, 2.24) is 0 Å². The molecule has 0 aromatic heterocycles. The van der Waals surface area contributed by atoms with Gasteiger partial charge in [0, 0.05) is 30.9 Å². The van der Waals surface area contributed by atoms with E-state index in [0.717, 1.165) is 24.3 Å². The number of ether oxygens (including phenoxy) is 6. The molecule has 0 atom stereocenters. The standard InChI is InChI=1S/C23H32O10/c1-6-19(24)30-12-18(13-31-20(25)7-2)11-29-15-23(14-28-10-5,16-32-21(26)8-3)17-33-22(27)9-4/h6-9,18H,1-4,10-17H2,5H3. The molecular weight excluding hydrogens is 436 g/mol. The molecule has 33 heavy (non-hydrogen) atoms.